The van der Waals surface area contributed by atoms with Gasteiger partial charge in [-0.2, -0.15) is 0 Å². The lowest BCUT2D eigenvalue weighted by atomic mass is 10.1. The van der Waals surface area contributed by atoms with Crippen LogP contribution in [0.3, 0.4) is 0 Å². The number of carbonyl (C=O) groups is 1. The lowest BCUT2D eigenvalue weighted by Crippen LogP contribution is -2.14. The Labute approximate surface area is 165 Å². The molecule has 4 rings (SSSR count). The summed E-state index contributed by atoms with van der Waals surface area (Å²) < 4.78 is 30.4. The van der Waals surface area contributed by atoms with Crippen molar-refractivity contribution < 1.29 is 13.6 Å². The molecule has 2 aromatic carbocycles. The molecule has 8 heteroatoms. The van der Waals surface area contributed by atoms with Crippen LogP contribution in [0.15, 0.2) is 36.4 Å². The standard InChI is InChI=1S/C20H17ClF2N4O/c21-14-5-4-6-16(23)18(14)20(28)24-12-8-9-15(22)13(11-12)19-26-25-17-7-2-1-3-10-27(17)19/h4-6,8-9,11H,1-3,7,10H2,(H,24,28). The van der Waals surface area contributed by atoms with E-state index < -0.39 is 17.5 Å². The van der Waals surface area contributed by atoms with Gasteiger partial charge in [0.2, 0.25) is 0 Å². The first-order valence-electron chi connectivity index (χ1n) is 9.02. The van der Waals surface area contributed by atoms with Crippen molar-refractivity contribution in [3.63, 3.8) is 0 Å². The molecule has 0 radical (unpaired) electrons. The summed E-state index contributed by atoms with van der Waals surface area (Å²) in [6.07, 6.45) is 3.89. The maximum absolute atomic E-state index is 14.5. The van der Waals surface area contributed by atoms with Gasteiger partial charge >= 0.3 is 0 Å². The zero-order valence-corrected chi connectivity index (χ0v) is 15.6. The van der Waals surface area contributed by atoms with Gasteiger partial charge in [0.15, 0.2) is 5.82 Å². The fraction of sp³-hybridized carbons (Fsp3) is 0.250. The molecule has 3 aromatic rings. The predicted octanol–water partition coefficient (Wildman–Crippen LogP) is 4.86. The van der Waals surface area contributed by atoms with E-state index in [2.05, 4.69) is 15.5 Å². The quantitative estimate of drug-likeness (QED) is 0.680. The largest absolute Gasteiger partial charge is 0.322 e. The number of nitrogens with zero attached hydrogens (tertiary/aromatic N) is 3. The number of hydrogen-bond acceptors (Lipinski definition) is 3. The van der Waals surface area contributed by atoms with Crippen molar-refractivity contribution in [1.29, 1.82) is 0 Å². The number of carbonyl (C=O) groups excluding carboxylic acids is 1. The smallest absolute Gasteiger partial charge is 0.260 e. The molecular formula is C20H17ClF2N4O. The van der Waals surface area contributed by atoms with Crippen LogP contribution in [0.1, 0.15) is 35.4 Å². The van der Waals surface area contributed by atoms with Gasteiger partial charge in [-0.25, -0.2) is 8.78 Å². The molecule has 0 bridgehead atoms. The molecule has 5 nitrogen and oxygen atoms in total. The third-order valence-electron chi connectivity index (χ3n) is 4.76. The molecule has 0 saturated carbocycles. The molecule has 0 fully saturated rings. The summed E-state index contributed by atoms with van der Waals surface area (Å²) in [7, 11) is 0. The highest BCUT2D eigenvalue weighted by molar-refractivity contribution is 6.34. The number of hydrogen-bond donors (Lipinski definition) is 1. The van der Waals surface area contributed by atoms with Crippen LogP contribution >= 0.6 is 11.6 Å². The van der Waals surface area contributed by atoms with E-state index in [1.807, 2.05) is 4.57 Å². The Morgan fingerprint density at radius 2 is 1.93 bits per heavy atom. The lowest BCUT2D eigenvalue weighted by Gasteiger charge is -2.11. The molecule has 144 valence electrons. The van der Waals surface area contributed by atoms with Crippen LogP contribution in [-0.2, 0) is 13.0 Å². The average molecular weight is 403 g/mol. The SMILES string of the molecule is O=C(Nc1ccc(F)c(-c2nnc3n2CCCCC3)c1)c1c(F)cccc1Cl. The lowest BCUT2D eigenvalue weighted by molar-refractivity contribution is 0.102. The molecule has 28 heavy (non-hydrogen) atoms. The van der Waals surface area contributed by atoms with Crippen LogP contribution in [0, 0.1) is 11.6 Å². The Balaban J connectivity index is 1.67. The monoisotopic (exact) mass is 402 g/mol. The van der Waals surface area contributed by atoms with Gasteiger partial charge < -0.3 is 9.88 Å². The highest BCUT2D eigenvalue weighted by Crippen LogP contribution is 2.28. The number of rotatable bonds is 3. The molecule has 0 saturated heterocycles. The Kier molecular flexibility index (Phi) is 5.09. The number of fused-ring (bicyclic) bond motifs is 1. The number of benzene rings is 2. The third-order valence-corrected chi connectivity index (χ3v) is 5.08. The second-order valence-corrected chi connectivity index (χ2v) is 7.05. The van der Waals surface area contributed by atoms with E-state index in [0.717, 1.165) is 44.1 Å². The molecular weight excluding hydrogens is 386 g/mol. The summed E-state index contributed by atoms with van der Waals surface area (Å²) >= 11 is 5.94. The normalized spacial score (nSPS) is 13.7. The number of anilines is 1. The molecule has 0 aliphatic carbocycles. The Morgan fingerprint density at radius 1 is 1.07 bits per heavy atom. The van der Waals surface area contributed by atoms with Gasteiger partial charge in [0.1, 0.15) is 17.5 Å². The number of halogens is 3. The van der Waals surface area contributed by atoms with Crippen LogP contribution in [0.4, 0.5) is 14.5 Å². The van der Waals surface area contributed by atoms with E-state index in [-0.39, 0.29) is 16.1 Å². The maximum Gasteiger partial charge on any atom is 0.260 e. The van der Waals surface area contributed by atoms with Gasteiger partial charge in [-0.15, -0.1) is 10.2 Å². The second kappa shape index (κ2) is 7.67. The van der Waals surface area contributed by atoms with Crippen LogP contribution in [-0.4, -0.2) is 20.7 Å². The molecule has 0 spiro atoms. The third kappa shape index (κ3) is 3.49. The van der Waals surface area contributed by atoms with Crippen molar-refractivity contribution >= 4 is 23.2 Å². The predicted molar refractivity (Wildman–Crippen MR) is 102 cm³/mol. The van der Waals surface area contributed by atoms with E-state index in [1.165, 1.54) is 30.3 Å². The number of nitrogens with one attached hydrogen (secondary N) is 1. The van der Waals surface area contributed by atoms with Crippen molar-refractivity contribution in [3.05, 3.63) is 64.4 Å². The van der Waals surface area contributed by atoms with Crippen LogP contribution in [0.2, 0.25) is 5.02 Å². The van der Waals surface area contributed by atoms with Crippen LogP contribution in [0.25, 0.3) is 11.4 Å². The first-order valence-corrected chi connectivity index (χ1v) is 9.40. The molecule has 2 heterocycles. The Morgan fingerprint density at radius 3 is 2.75 bits per heavy atom. The molecule has 1 aromatic heterocycles. The summed E-state index contributed by atoms with van der Waals surface area (Å²) in [6.45, 7) is 0.721. The molecule has 0 unspecified atom stereocenters. The first-order chi connectivity index (χ1) is 13.5. The highest BCUT2D eigenvalue weighted by Gasteiger charge is 2.20. The molecule has 0 atom stereocenters. The highest BCUT2D eigenvalue weighted by atomic mass is 35.5. The van der Waals surface area contributed by atoms with E-state index in [9.17, 15) is 13.6 Å². The van der Waals surface area contributed by atoms with Gasteiger partial charge in [-0.3, -0.25) is 4.79 Å². The van der Waals surface area contributed by atoms with E-state index >= 15 is 0 Å². The zero-order valence-electron chi connectivity index (χ0n) is 14.9. The summed E-state index contributed by atoms with van der Waals surface area (Å²) in [6, 6.07) is 8.13. The Hall–Kier alpha value is -2.80. The minimum Gasteiger partial charge on any atom is -0.322 e. The van der Waals surface area contributed by atoms with Crippen molar-refractivity contribution in [2.75, 3.05) is 5.32 Å². The summed E-state index contributed by atoms with van der Waals surface area (Å²) in [4.78, 5) is 12.5. The van der Waals surface area contributed by atoms with Crippen LogP contribution in [0.5, 0.6) is 0 Å². The minimum absolute atomic E-state index is 0.00242. The molecule has 1 aliphatic rings. The molecule has 1 aliphatic heterocycles. The van der Waals surface area contributed by atoms with Gasteiger partial charge in [0, 0.05) is 18.7 Å². The number of aryl methyl sites for hydroxylation is 1. The molecule has 1 amide bonds. The van der Waals surface area contributed by atoms with Crippen molar-refractivity contribution in [1.82, 2.24) is 14.8 Å². The maximum atomic E-state index is 14.5. The topological polar surface area (TPSA) is 59.8 Å². The van der Waals surface area contributed by atoms with Gasteiger partial charge in [0.25, 0.3) is 5.91 Å². The van der Waals surface area contributed by atoms with Crippen molar-refractivity contribution in [2.45, 2.75) is 32.2 Å². The van der Waals surface area contributed by atoms with E-state index in [1.54, 1.807) is 0 Å². The minimum atomic E-state index is -0.727. The molecule has 1 N–H and O–H groups in total. The van der Waals surface area contributed by atoms with E-state index in [0.29, 0.717) is 11.5 Å². The fourth-order valence-corrected chi connectivity index (χ4v) is 3.62. The van der Waals surface area contributed by atoms with Gasteiger partial charge in [-0.1, -0.05) is 24.1 Å². The summed E-state index contributed by atoms with van der Waals surface area (Å²) in [5.74, 6) is -0.647. The van der Waals surface area contributed by atoms with Crippen molar-refractivity contribution in [3.8, 4) is 11.4 Å². The Bertz CT molecular complexity index is 1030. The van der Waals surface area contributed by atoms with E-state index in [4.69, 9.17) is 11.6 Å². The summed E-state index contributed by atoms with van der Waals surface area (Å²) in [5.41, 5.74) is 0.288. The van der Waals surface area contributed by atoms with Crippen molar-refractivity contribution in [2.24, 2.45) is 0 Å². The summed E-state index contributed by atoms with van der Waals surface area (Å²) in [5, 5.41) is 10.9. The average Bonchev–Trinajstić information content (AvgIpc) is 2.91. The number of aromatic nitrogens is 3. The van der Waals surface area contributed by atoms with Crippen LogP contribution < -0.4 is 5.32 Å². The number of amides is 1. The second-order valence-electron chi connectivity index (χ2n) is 6.65. The first kappa shape index (κ1) is 18.6. The van der Waals surface area contributed by atoms with Gasteiger partial charge in [0.05, 0.1) is 16.1 Å². The fourth-order valence-electron chi connectivity index (χ4n) is 3.37. The van der Waals surface area contributed by atoms with Gasteiger partial charge in [-0.05, 0) is 43.2 Å². The zero-order chi connectivity index (χ0) is 19.7.